The number of amides is 1. The van der Waals surface area contributed by atoms with Gasteiger partial charge in [0.1, 0.15) is 30.3 Å². The maximum atomic E-state index is 14.5. The molecular weight excluding hydrogens is 725 g/mol. The molecule has 1 fully saturated rings. The van der Waals surface area contributed by atoms with Crippen LogP contribution in [0.25, 0.3) is 0 Å². The normalized spacial score (nSPS) is 20.7. The van der Waals surface area contributed by atoms with Gasteiger partial charge in [0.05, 0.1) is 11.3 Å². The number of ketones is 1. The minimum Gasteiger partial charge on any atom is -0.508 e. The van der Waals surface area contributed by atoms with E-state index in [9.17, 15) is 34.2 Å². The lowest BCUT2D eigenvalue weighted by molar-refractivity contribution is -0.384. The predicted molar refractivity (Wildman–Crippen MR) is 179 cm³/mol. The summed E-state index contributed by atoms with van der Waals surface area (Å²) in [6, 6.07) is 13.9. The molecule has 2 aliphatic heterocycles. The molecule has 2 N–H and O–H groups in total. The number of rotatable bonds is 13. The van der Waals surface area contributed by atoms with E-state index in [2.05, 4.69) is 21.0 Å². The van der Waals surface area contributed by atoms with Crippen molar-refractivity contribution in [3.05, 3.63) is 105 Å². The number of benzene rings is 2. The third kappa shape index (κ3) is 9.04. The molecule has 2 atom stereocenters. The Hall–Kier alpha value is -4.30. The van der Waals surface area contributed by atoms with E-state index in [1.54, 1.807) is 12.1 Å². The van der Waals surface area contributed by atoms with Gasteiger partial charge in [0.25, 0.3) is 5.69 Å². The lowest BCUT2D eigenvalue weighted by atomic mass is 10.00. The molecule has 0 bridgehead atoms. The average molecular weight is 761 g/mol. The Morgan fingerprint density at radius 2 is 1.82 bits per heavy atom. The first kappa shape index (κ1) is 36.0. The van der Waals surface area contributed by atoms with E-state index in [0.717, 1.165) is 17.7 Å². The summed E-state index contributed by atoms with van der Waals surface area (Å²) < 4.78 is 37.6. The molecule has 2 aromatic rings. The summed E-state index contributed by atoms with van der Waals surface area (Å²) in [7, 11) is -4.52. The highest BCUT2D eigenvalue weighted by molar-refractivity contribution is 9.11. The second-order valence-electron chi connectivity index (χ2n) is 11.7. The van der Waals surface area contributed by atoms with Crippen LogP contribution in [0.15, 0.2) is 89.0 Å². The second kappa shape index (κ2) is 15.9. The molecule has 14 nitrogen and oxygen atoms in total. The molecular formula is C33H35BrN3O11P. The van der Waals surface area contributed by atoms with Crippen LogP contribution in [0.5, 0.6) is 5.75 Å². The fourth-order valence-electron chi connectivity index (χ4n) is 5.70. The lowest BCUT2D eigenvalue weighted by Gasteiger charge is -2.32. The Morgan fingerprint density at radius 1 is 1.10 bits per heavy atom. The fraction of sp³-hybridized carbons (Fsp3) is 0.364. The lowest BCUT2D eigenvalue weighted by Crippen LogP contribution is -2.50. The number of nitrogens with one attached hydrogen (secondary N) is 1. The monoisotopic (exact) mass is 759 g/mol. The number of carbonyl (C=O) groups is 3. The number of esters is 1. The number of hydrogen-bond acceptors (Lipinski definition) is 11. The van der Waals surface area contributed by atoms with Gasteiger partial charge in [0.15, 0.2) is 17.8 Å². The molecule has 49 heavy (non-hydrogen) atoms. The van der Waals surface area contributed by atoms with Crippen LogP contribution in [0.3, 0.4) is 0 Å². The van der Waals surface area contributed by atoms with Gasteiger partial charge >= 0.3 is 13.7 Å². The molecule has 3 aliphatic rings. The number of aliphatic hydroxyl groups is 1. The molecule has 0 saturated heterocycles. The number of hydrogen-bond donors (Lipinski definition) is 2. The summed E-state index contributed by atoms with van der Waals surface area (Å²) in [4.78, 5) is 52.5. The molecule has 5 rings (SSSR count). The molecule has 1 amide bonds. The number of nitrogens with zero attached hydrogens (tertiary/aromatic N) is 2. The summed E-state index contributed by atoms with van der Waals surface area (Å²) >= 11 is 3.15. The smallest absolute Gasteiger partial charge is 0.460 e. The molecule has 1 aliphatic carbocycles. The van der Waals surface area contributed by atoms with Gasteiger partial charge in [-0.1, -0.05) is 59.1 Å². The highest BCUT2D eigenvalue weighted by Crippen LogP contribution is 2.50. The maximum Gasteiger partial charge on any atom is 0.460 e. The van der Waals surface area contributed by atoms with Crippen molar-refractivity contribution in [3.8, 4) is 5.75 Å². The topological polar surface area (TPSA) is 184 Å². The Balaban J connectivity index is 1.36. The zero-order valence-electron chi connectivity index (χ0n) is 26.3. The van der Waals surface area contributed by atoms with Crippen molar-refractivity contribution >= 4 is 47.0 Å². The van der Waals surface area contributed by atoms with Gasteiger partial charge in [-0.05, 0) is 48.0 Å². The Kier molecular flexibility index (Phi) is 11.7. The Labute approximate surface area is 290 Å². The van der Waals surface area contributed by atoms with Crippen LogP contribution in [-0.4, -0.2) is 51.0 Å². The summed E-state index contributed by atoms with van der Waals surface area (Å²) in [6.07, 6.45) is 4.12. The summed E-state index contributed by atoms with van der Waals surface area (Å²) in [6.45, 7) is -0.622. The first-order valence-electron chi connectivity index (χ1n) is 15.6. The first-order chi connectivity index (χ1) is 23.5. The standard InChI is InChI=1S/C33H35BrN3O11P/c34-18-15-24-20-36(30(40)10-6-9-27(24)38)31-19-28(39)29(47-31)22-46-49(44,48-26-13-11-25(12-14-26)37(42)43)35-33(16-4-5-17-33)32(41)45-21-23-7-2-1-3-8-23/h1-3,7-8,11-15,18,20,31,39H,4-6,9-10,16-17,19,21-22H2,(H,35,44)/b18-15+,24-20?/t31-,49?/m1/s1. The molecule has 16 heteroatoms. The number of nitro groups is 1. The summed E-state index contributed by atoms with van der Waals surface area (Å²) in [5, 5.41) is 24.8. The average Bonchev–Trinajstić information content (AvgIpc) is 3.71. The number of carbonyl (C=O) groups excluding carboxylic acids is 3. The van der Waals surface area contributed by atoms with Gasteiger partial charge in [-0.3, -0.25) is 33.9 Å². The molecule has 1 saturated carbocycles. The van der Waals surface area contributed by atoms with Crippen LogP contribution in [0.4, 0.5) is 5.69 Å². The molecule has 2 aromatic carbocycles. The van der Waals surface area contributed by atoms with Crippen LogP contribution in [0.2, 0.25) is 0 Å². The van der Waals surface area contributed by atoms with Crippen molar-refractivity contribution in [2.24, 2.45) is 0 Å². The van der Waals surface area contributed by atoms with Crippen molar-refractivity contribution in [1.29, 1.82) is 0 Å². The zero-order chi connectivity index (χ0) is 35.0. The highest BCUT2D eigenvalue weighted by atomic mass is 79.9. The Bertz CT molecular complexity index is 1710. The molecule has 2 heterocycles. The molecule has 260 valence electrons. The van der Waals surface area contributed by atoms with Gasteiger partial charge in [-0.25, -0.2) is 4.57 Å². The van der Waals surface area contributed by atoms with E-state index in [1.165, 1.54) is 34.3 Å². The van der Waals surface area contributed by atoms with E-state index >= 15 is 0 Å². The second-order valence-corrected chi connectivity index (χ2v) is 13.9. The van der Waals surface area contributed by atoms with E-state index < -0.39 is 37.0 Å². The van der Waals surface area contributed by atoms with Crippen LogP contribution < -0.4 is 9.61 Å². The van der Waals surface area contributed by atoms with Gasteiger partial charge < -0.3 is 19.1 Å². The van der Waals surface area contributed by atoms with E-state index in [1.807, 2.05) is 18.2 Å². The van der Waals surface area contributed by atoms with E-state index in [-0.39, 0.29) is 78.9 Å². The largest absolute Gasteiger partial charge is 0.508 e. The van der Waals surface area contributed by atoms with Gasteiger partial charge in [0, 0.05) is 36.7 Å². The molecule has 1 unspecified atom stereocenters. The third-order valence-electron chi connectivity index (χ3n) is 8.25. The first-order valence-corrected chi connectivity index (χ1v) is 18.1. The molecule has 0 aromatic heterocycles. The van der Waals surface area contributed by atoms with Crippen molar-refractivity contribution in [1.82, 2.24) is 9.99 Å². The number of allylic oxidation sites excluding steroid dienone is 2. The number of ether oxygens (including phenoxy) is 2. The summed E-state index contributed by atoms with van der Waals surface area (Å²) in [5.41, 5.74) is -0.649. The van der Waals surface area contributed by atoms with Gasteiger partial charge in [-0.15, -0.1) is 0 Å². The zero-order valence-corrected chi connectivity index (χ0v) is 28.8. The van der Waals surface area contributed by atoms with Crippen LogP contribution >= 0.6 is 23.7 Å². The number of aliphatic hydroxyl groups excluding tert-OH is 1. The number of nitro benzene ring substituents is 1. The van der Waals surface area contributed by atoms with Crippen molar-refractivity contribution in [3.63, 3.8) is 0 Å². The minimum absolute atomic E-state index is 0.0180. The van der Waals surface area contributed by atoms with Crippen molar-refractivity contribution < 1.29 is 47.5 Å². The summed E-state index contributed by atoms with van der Waals surface area (Å²) in [5.74, 6) is -1.61. The Morgan fingerprint density at radius 3 is 2.49 bits per heavy atom. The number of halogens is 1. The third-order valence-corrected chi connectivity index (χ3v) is 10.1. The number of Topliss-reactive ketones (excluding diaryl/α,β-unsaturated/α-hetero) is 1. The van der Waals surface area contributed by atoms with Crippen LogP contribution in [-0.2, 0) is 39.6 Å². The predicted octanol–water partition coefficient (Wildman–Crippen LogP) is 6.63. The van der Waals surface area contributed by atoms with Crippen molar-refractivity contribution in [2.75, 3.05) is 6.61 Å². The molecule has 0 radical (unpaired) electrons. The van der Waals surface area contributed by atoms with Gasteiger partial charge in [-0.2, -0.15) is 5.09 Å². The number of non-ortho nitro benzene ring substituents is 1. The SMILES string of the molecule is O=C1CCCC(=O)N([C@H]2CC(O)=C(COP(=O)(NC3(C(=O)OCc4ccccc4)CCCC3)Oc3ccc([N+](=O)[O-])cc3)O2)C=C1/C=C/Br. The van der Waals surface area contributed by atoms with E-state index in [0.29, 0.717) is 19.3 Å². The molecule has 0 spiro atoms. The van der Waals surface area contributed by atoms with E-state index in [4.69, 9.17) is 18.5 Å². The quantitative estimate of drug-likeness (QED) is 0.0963. The fourth-order valence-corrected chi connectivity index (χ4v) is 7.67. The van der Waals surface area contributed by atoms with Crippen LogP contribution in [0.1, 0.15) is 56.9 Å². The van der Waals surface area contributed by atoms with Crippen molar-refractivity contribution in [2.45, 2.75) is 69.7 Å². The van der Waals surface area contributed by atoms with Crippen LogP contribution in [0, 0.1) is 10.1 Å². The maximum absolute atomic E-state index is 14.5. The minimum atomic E-state index is -4.52. The van der Waals surface area contributed by atoms with Gasteiger partial charge in [0.2, 0.25) is 5.91 Å². The highest BCUT2D eigenvalue weighted by Gasteiger charge is 2.49.